The molecule has 8 heteroatoms. The van der Waals surface area contributed by atoms with Gasteiger partial charge in [0.2, 0.25) is 5.95 Å². The van der Waals surface area contributed by atoms with Crippen LogP contribution in [0.25, 0.3) is 10.9 Å². The minimum absolute atomic E-state index is 0.0276. The second kappa shape index (κ2) is 8.32. The van der Waals surface area contributed by atoms with Crippen LogP contribution < -0.4 is 10.2 Å². The van der Waals surface area contributed by atoms with Gasteiger partial charge in [-0.2, -0.15) is 4.98 Å². The third-order valence-corrected chi connectivity index (χ3v) is 5.45. The van der Waals surface area contributed by atoms with Crippen molar-refractivity contribution in [3.8, 4) is 0 Å². The van der Waals surface area contributed by atoms with Crippen molar-refractivity contribution in [3.05, 3.63) is 35.7 Å². The first-order valence-electron chi connectivity index (χ1n) is 10.4. The number of hydrogen-bond acceptors (Lipinski definition) is 7. The lowest BCUT2D eigenvalue weighted by molar-refractivity contribution is 0.258. The van der Waals surface area contributed by atoms with Crippen molar-refractivity contribution < 1.29 is 0 Å². The fraction of sp³-hybridized carbons (Fsp3) is 0.524. The molecule has 8 nitrogen and oxygen atoms in total. The van der Waals surface area contributed by atoms with E-state index in [0.717, 1.165) is 48.6 Å². The Kier molecular flexibility index (Phi) is 5.62. The summed E-state index contributed by atoms with van der Waals surface area (Å²) < 4.78 is 1.71. The van der Waals surface area contributed by atoms with Gasteiger partial charge in [0.05, 0.1) is 17.8 Å². The van der Waals surface area contributed by atoms with Gasteiger partial charge in [0.25, 0.3) is 0 Å². The van der Waals surface area contributed by atoms with Crippen LogP contribution in [0.5, 0.6) is 0 Å². The number of nitrogens with zero attached hydrogens (tertiary/aromatic N) is 7. The highest BCUT2D eigenvalue weighted by Gasteiger charge is 2.21. The van der Waals surface area contributed by atoms with Gasteiger partial charge < -0.3 is 10.2 Å². The largest absolute Gasteiger partial charge is 0.353 e. The Balaban J connectivity index is 1.64. The lowest BCUT2D eigenvalue weighted by Gasteiger charge is -2.35. The first-order chi connectivity index (χ1) is 14.0. The van der Waals surface area contributed by atoms with E-state index >= 15 is 0 Å². The first-order valence-corrected chi connectivity index (χ1v) is 10.4. The van der Waals surface area contributed by atoms with Crippen LogP contribution >= 0.6 is 0 Å². The first kappa shape index (κ1) is 19.6. The molecule has 1 atom stereocenters. The smallest absolute Gasteiger partial charge is 0.225 e. The van der Waals surface area contributed by atoms with Gasteiger partial charge in [-0.05, 0) is 44.5 Å². The molecule has 1 aliphatic rings. The number of aromatic nitrogens is 5. The molecule has 0 aliphatic carbocycles. The number of fused-ring (bicyclic) bond motifs is 1. The maximum absolute atomic E-state index is 4.93. The van der Waals surface area contributed by atoms with Gasteiger partial charge in [-0.15, -0.1) is 5.10 Å². The fourth-order valence-electron chi connectivity index (χ4n) is 3.86. The molecule has 0 bridgehead atoms. The SMILES string of the molecule is CCCN1CCN(c2nc(NC(C)c3cn(C)nn3)nc3cc(C)ccc23)CC1. The summed E-state index contributed by atoms with van der Waals surface area (Å²) in [7, 11) is 1.87. The molecule has 1 unspecified atom stereocenters. The van der Waals surface area contributed by atoms with Gasteiger partial charge in [0.15, 0.2) is 0 Å². The summed E-state index contributed by atoms with van der Waals surface area (Å²) in [5, 5.41) is 12.8. The highest BCUT2D eigenvalue weighted by molar-refractivity contribution is 5.91. The van der Waals surface area contributed by atoms with Gasteiger partial charge in [-0.3, -0.25) is 9.58 Å². The Hall–Kier alpha value is -2.74. The van der Waals surface area contributed by atoms with Crippen LogP contribution in [-0.2, 0) is 7.05 Å². The molecule has 1 N–H and O–H groups in total. The monoisotopic (exact) mass is 394 g/mol. The van der Waals surface area contributed by atoms with Crippen molar-refractivity contribution in [2.75, 3.05) is 42.9 Å². The summed E-state index contributed by atoms with van der Waals surface area (Å²) in [5.41, 5.74) is 3.04. The number of rotatable bonds is 6. The summed E-state index contributed by atoms with van der Waals surface area (Å²) in [5.74, 6) is 1.65. The molecule has 0 spiro atoms. The Labute approximate surface area is 171 Å². The Bertz CT molecular complexity index is 974. The topological polar surface area (TPSA) is 75.0 Å². The molecule has 3 heterocycles. The van der Waals surface area contributed by atoms with Crippen molar-refractivity contribution in [3.63, 3.8) is 0 Å². The second-order valence-electron chi connectivity index (χ2n) is 7.90. The van der Waals surface area contributed by atoms with Crippen LogP contribution in [-0.4, -0.2) is 62.6 Å². The molecular weight excluding hydrogens is 364 g/mol. The number of aryl methyl sites for hydroxylation is 2. The zero-order valence-corrected chi connectivity index (χ0v) is 17.8. The average Bonchev–Trinajstić information content (AvgIpc) is 3.14. The quantitative estimate of drug-likeness (QED) is 0.689. The van der Waals surface area contributed by atoms with Gasteiger partial charge in [-0.25, -0.2) is 4.98 Å². The molecule has 1 aromatic carbocycles. The Morgan fingerprint density at radius 3 is 2.62 bits per heavy atom. The number of piperazine rings is 1. The average molecular weight is 395 g/mol. The minimum Gasteiger partial charge on any atom is -0.353 e. The maximum Gasteiger partial charge on any atom is 0.225 e. The lowest BCUT2D eigenvalue weighted by atomic mass is 10.1. The van der Waals surface area contributed by atoms with Gasteiger partial charge >= 0.3 is 0 Å². The highest BCUT2D eigenvalue weighted by Crippen LogP contribution is 2.28. The molecule has 1 saturated heterocycles. The van der Waals surface area contributed by atoms with Crippen LogP contribution in [0, 0.1) is 6.92 Å². The molecule has 1 fully saturated rings. The van der Waals surface area contributed by atoms with E-state index in [2.05, 4.69) is 64.4 Å². The molecule has 4 rings (SSSR count). The van der Waals surface area contributed by atoms with Crippen molar-refractivity contribution in [1.29, 1.82) is 0 Å². The fourth-order valence-corrected chi connectivity index (χ4v) is 3.86. The standard InChI is InChI=1S/C21H30N8/c1-5-8-28-9-11-29(12-10-28)20-17-7-6-15(2)13-18(17)23-21(24-20)22-16(3)19-14-27(4)26-25-19/h6-7,13-14,16H,5,8-12H2,1-4H3,(H,22,23,24). The highest BCUT2D eigenvalue weighted by atomic mass is 15.4. The van der Waals surface area contributed by atoms with E-state index in [1.54, 1.807) is 4.68 Å². The molecule has 0 radical (unpaired) electrons. The predicted octanol–water partition coefficient (Wildman–Crippen LogP) is 2.77. The van der Waals surface area contributed by atoms with Crippen LogP contribution in [0.3, 0.4) is 0 Å². The van der Waals surface area contributed by atoms with E-state index in [9.17, 15) is 0 Å². The summed E-state index contributed by atoms with van der Waals surface area (Å²) in [6.45, 7) is 11.7. The summed E-state index contributed by atoms with van der Waals surface area (Å²) in [6.07, 6.45) is 3.11. The molecule has 29 heavy (non-hydrogen) atoms. The zero-order chi connectivity index (χ0) is 20.4. The zero-order valence-electron chi connectivity index (χ0n) is 17.8. The minimum atomic E-state index is -0.0276. The number of benzene rings is 1. The van der Waals surface area contributed by atoms with Crippen molar-refractivity contribution in [2.45, 2.75) is 33.2 Å². The van der Waals surface area contributed by atoms with E-state index in [-0.39, 0.29) is 6.04 Å². The van der Waals surface area contributed by atoms with Crippen LogP contribution in [0.1, 0.15) is 37.6 Å². The molecule has 0 saturated carbocycles. The second-order valence-corrected chi connectivity index (χ2v) is 7.90. The van der Waals surface area contributed by atoms with Crippen LogP contribution in [0.2, 0.25) is 0 Å². The van der Waals surface area contributed by atoms with Crippen LogP contribution in [0.4, 0.5) is 11.8 Å². The normalized spacial score (nSPS) is 16.3. The number of hydrogen-bond donors (Lipinski definition) is 1. The van der Waals surface area contributed by atoms with Crippen molar-refractivity contribution in [2.24, 2.45) is 7.05 Å². The molecule has 1 aliphatic heterocycles. The van der Waals surface area contributed by atoms with Crippen molar-refractivity contribution >= 4 is 22.7 Å². The predicted molar refractivity (Wildman–Crippen MR) is 116 cm³/mol. The van der Waals surface area contributed by atoms with Gasteiger partial charge in [0, 0.05) is 38.6 Å². The third-order valence-electron chi connectivity index (χ3n) is 5.45. The van der Waals surface area contributed by atoms with E-state index in [0.29, 0.717) is 5.95 Å². The molecule has 3 aromatic rings. The van der Waals surface area contributed by atoms with E-state index in [1.807, 2.05) is 13.2 Å². The van der Waals surface area contributed by atoms with E-state index < -0.39 is 0 Å². The molecular formula is C21H30N8. The Morgan fingerprint density at radius 1 is 1.14 bits per heavy atom. The number of anilines is 2. The van der Waals surface area contributed by atoms with Gasteiger partial charge in [-0.1, -0.05) is 18.2 Å². The number of nitrogens with one attached hydrogen (secondary N) is 1. The summed E-state index contributed by atoms with van der Waals surface area (Å²) >= 11 is 0. The molecule has 0 amide bonds. The lowest BCUT2D eigenvalue weighted by Crippen LogP contribution is -2.47. The van der Waals surface area contributed by atoms with Crippen LogP contribution in [0.15, 0.2) is 24.4 Å². The van der Waals surface area contributed by atoms with E-state index in [1.165, 1.54) is 18.5 Å². The van der Waals surface area contributed by atoms with E-state index in [4.69, 9.17) is 9.97 Å². The third kappa shape index (κ3) is 4.32. The maximum atomic E-state index is 4.93. The molecule has 154 valence electrons. The van der Waals surface area contributed by atoms with Crippen molar-refractivity contribution in [1.82, 2.24) is 29.9 Å². The molecule has 2 aromatic heterocycles. The summed E-state index contributed by atoms with van der Waals surface area (Å²) in [6, 6.07) is 6.39. The summed E-state index contributed by atoms with van der Waals surface area (Å²) in [4.78, 5) is 14.6. The Morgan fingerprint density at radius 2 is 1.93 bits per heavy atom. The van der Waals surface area contributed by atoms with Gasteiger partial charge in [0.1, 0.15) is 11.5 Å².